The minimum absolute atomic E-state index is 0.862. The van der Waals surface area contributed by atoms with Gasteiger partial charge in [-0.25, -0.2) is 4.98 Å². The monoisotopic (exact) mass is 248 g/mol. The number of hydrogen-bond donors (Lipinski definition) is 1. The Kier molecular flexibility index (Phi) is 2.03. The summed E-state index contributed by atoms with van der Waals surface area (Å²) in [5.41, 5.74) is 2.00. The maximum atomic E-state index is 5.32. The Morgan fingerprint density at radius 1 is 1.05 bits per heavy atom. The van der Waals surface area contributed by atoms with Gasteiger partial charge in [0, 0.05) is 27.9 Å². The van der Waals surface area contributed by atoms with Crippen LogP contribution in [0.2, 0.25) is 0 Å². The van der Waals surface area contributed by atoms with Crippen molar-refractivity contribution in [2.45, 2.75) is 0 Å². The number of H-pyrrole nitrogens is 1. The van der Waals surface area contributed by atoms with Crippen molar-refractivity contribution < 1.29 is 4.74 Å². The molecule has 2 heterocycles. The maximum Gasteiger partial charge on any atom is 0.138 e. The van der Waals surface area contributed by atoms with Gasteiger partial charge in [-0.05, 0) is 23.6 Å². The minimum Gasteiger partial charge on any atom is -0.497 e. The Balaban J connectivity index is 2.27. The fourth-order valence-corrected chi connectivity index (χ4v) is 2.62. The van der Waals surface area contributed by atoms with E-state index in [9.17, 15) is 0 Å². The molecule has 4 aromatic rings. The first-order chi connectivity index (χ1) is 9.36. The summed E-state index contributed by atoms with van der Waals surface area (Å²) in [6, 6.07) is 14.4. The first kappa shape index (κ1) is 10.4. The van der Waals surface area contributed by atoms with Crippen LogP contribution in [0.15, 0.2) is 48.7 Å². The number of aromatic nitrogens is 2. The molecule has 4 rings (SSSR count). The van der Waals surface area contributed by atoms with Crippen LogP contribution in [0.3, 0.4) is 0 Å². The Labute approximate surface area is 109 Å². The number of fused-ring (bicyclic) bond motifs is 5. The highest BCUT2D eigenvalue weighted by Crippen LogP contribution is 2.32. The van der Waals surface area contributed by atoms with Gasteiger partial charge in [0.2, 0.25) is 0 Å². The average molecular weight is 248 g/mol. The predicted octanol–water partition coefficient (Wildman–Crippen LogP) is 3.88. The van der Waals surface area contributed by atoms with E-state index in [-0.39, 0.29) is 0 Å². The van der Waals surface area contributed by atoms with Crippen LogP contribution in [0.4, 0.5) is 0 Å². The van der Waals surface area contributed by atoms with Crippen LogP contribution >= 0.6 is 0 Å². The van der Waals surface area contributed by atoms with Crippen molar-refractivity contribution in [3.8, 4) is 5.75 Å². The third-order valence-electron chi connectivity index (χ3n) is 3.55. The van der Waals surface area contributed by atoms with Gasteiger partial charge >= 0.3 is 0 Å². The average Bonchev–Trinajstić information content (AvgIpc) is 2.85. The molecule has 0 atom stereocenters. The van der Waals surface area contributed by atoms with Gasteiger partial charge in [0.15, 0.2) is 0 Å². The lowest BCUT2D eigenvalue weighted by Gasteiger charge is -2.01. The molecule has 0 amide bonds. The summed E-state index contributed by atoms with van der Waals surface area (Å²) in [6.07, 6.45) is 1.91. The number of aromatic amines is 1. The van der Waals surface area contributed by atoms with Crippen LogP contribution in [0, 0.1) is 0 Å². The lowest BCUT2D eigenvalue weighted by molar-refractivity contribution is 0.415. The number of benzene rings is 2. The molecule has 3 nitrogen and oxygen atoms in total. The highest BCUT2D eigenvalue weighted by atomic mass is 16.5. The van der Waals surface area contributed by atoms with Crippen molar-refractivity contribution in [3.05, 3.63) is 48.7 Å². The number of pyridine rings is 1. The van der Waals surface area contributed by atoms with E-state index < -0.39 is 0 Å². The summed E-state index contributed by atoms with van der Waals surface area (Å²) in [4.78, 5) is 7.86. The Hall–Kier alpha value is -2.55. The molecule has 19 heavy (non-hydrogen) atoms. The van der Waals surface area contributed by atoms with Gasteiger partial charge < -0.3 is 9.72 Å². The van der Waals surface area contributed by atoms with Gasteiger partial charge in [-0.2, -0.15) is 0 Å². The summed E-state index contributed by atoms with van der Waals surface area (Å²) in [6.45, 7) is 0. The van der Waals surface area contributed by atoms with E-state index in [2.05, 4.69) is 34.2 Å². The Bertz CT molecular complexity index is 908. The van der Waals surface area contributed by atoms with E-state index in [0.717, 1.165) is 33.1 Å². The highest BCUT2D eigenvalue weighted by molar-refractivity contribution is 6.18. The van der Waals surface area contributed by atoms with Gasteiger partial charge in [0.05, 0.1) is 7.11 Å². The fraction of sp³-hybridized carbons (Fsp3) is 0.0625. The molecule has 0 aliphatic heterocycles. The van der Waals surface area contributed by atoms with Crippen LogP contribution in [-0.4, -0.2) is 17.1 Å². The van der Waals surface area contributed by atoms with Crippen molar-refractivity contribution in [1.29, 1.82) is 0 Å². The molecular weight excluding hydrogens is 236 g/mol. The van der Waals surface area contributed by atoms with Gasteiger partial charge in [-0.15, -0.1) is 0 Å². The molecule has 0 fully saturated rings. The third kappa shape index (κ3) is 1.41. The molecule has 92 valence electrons. The van der Waals surface area contributed by atoms with Crippen LogP contribution in [0.25, 0.3) is 32.7 Å². The van der Waals surface area contributed by atoms with E-state index >= 15 is 0 Å². The molecule has 2 aromatic carbocycles. The second-order valence-electron chi connectivity index (χ2n) is 4.61. The van der Waals surface area contributed by atoms with Gasteiger partial charge in [-0.1, -0.05) is 24.3 Å². The summed E-state index contributed by atoms with van der Waals surface area (Å²) in [5.74, 6) is 0.862. The van der Waals surface area contributed by atoms with Crippen LogP contribution in [0.1, 0.15) is 0 Å². The standard InChI is InChI=1S/C16H12N2O/c1-19-11-6-7-14-13(8-11)15-12-5-3-2-4-10(12)9-17-16(15)18-14/h2-9H,1H3,(H,17,18). The smallest absolute Gasteiger partial charge is 0.138 e. The van der Waals surface area contributed by atoms with Crippen LogP contribution in [0.5, 0.6) is 5.75 Å². The molecule has 0 unspecified atom stereocenters. The third-order valence-corrected chi connectivity index (χ3v) is 3.55. The highest BCUT2D eigenvalue weighted by Gasteiger charge is 2.09. The van der Waals surface area contributed by atoms with E-state index in [1.54, 1.807) is 7.11 Å². The lowest BCUT2D eigenvalue weighted by atomic mass is 10.1. The topological polar surface area (TPSA) is 37.9 Å². The summed E-state index contributed by atoms with van der Waals surface area (Å²) >= 11 is 0. The number of nitrogens with one attached hydrogen (secondary N) is 1. The second-order valence-corrected chi connectivity index (χ2v) is 4.61. The minimum atomic E-state index is 0.862. The molecule has 0 saturated heterocycles. The van der Waals surface area contributed by atoms with Gasteiger partial charge in [0.1, 0.15) is 11.4 Å². The van der Waals surface area contributed by atoms with Crippen molar-refractivity contribution in [2.24, 2.45) is 0 Å². The Morgan fingerprint density at radius 3 is 2.84 bits per heavy atom. The first-order valence-corrected chi connectivity index (χ1v) is 6.20. The summed E-state index contributed by atoms with van der Waals surface area (Å²) in [5, 5.41) is 4.68. The zero-order chi connectivity index (χ0) is 12.8. The number of ether oxygens (including phenoxy) is 1. The molecular formula is C16H12N2O. The SMILES string of the molecule is COc1ccc2[nH]c3ncc4ccccc4c3c2c1. The number of nitrogens with zero attached hydrogens (tertiary/aromatic N) is 1. The van der Waals surface area contributed by atoms with Gasteiger partial charge in [0.25, 0.3) is 0 Å². The molecule has 0 radical (unpaired) electrons. The van der Waals surface area contributed by atoms with E-state index in [1.807, 2.05) is 24.4 Å². The first-order valence-electron chi connectivity index (χ1n) is 6.20. The molecule has 0 aliphatic carbocycles. The number of rotatable bonds is 1. The molecule has 0 bridgehead atoms. The Morgan fingerprint density at radius 2 is 1.95 bits per heavy atom. The zero-order valence-corrected chi connectivity index (χ0v) is 10.5. The molecule has 3 heteroatoms. The largest absolute Gasteiger partial charge is 0.497 e. The van der Waals surface area contributed by atoms with E-state index in [1.165, 1.54) is 5.39 Å². The lowest BCUT2D eigenvalue weighted by Crippen LogP contribution is -1.81. The van der Waals surface area contributed by atoms with Gasteiger partial charge in [-0.3, -0.25) is 0 Å². The summed E-state index contributed by atoms with van der Waals surface area (Å²) < 4.78 is 5.32. The van der Waals surface area contributed by atoms with Crippen LogP contribution < -0.4 is 4.74 Å². The fourth-order valence-electron chi connectivity index (χ4n) is 2.62. The zero-order valence-electron chi connectivity index (χ0n) is 10.5. The van der Waals surface area contributed by atoms with E-state index in [4.69, 9.17) is 4.74 Å². The molecule has 0 spiro atoms. The maximum absolute atomic E-state index is 5.32. The predicted molar refractivity (Wildman–Crippen MR) is 77.7 cm³/mol. The van der Waals surface area contributed by atoms with Crippen molar-refractivity contribution in [1.82, 2.24) is 9.97 Å². The van der Waals surface area contributed by atoms with Crippen molar-refractivity contribution >= 4 is 32.7 Å². The number of hydrogen-bond acceptors (Lipinski definition) is 2. The van der Waals surface area contributed by atoms with E-state index in [0.29, 0.717) is 0 Å². The summed E-state index contributed by atoms with van der Waals surface area (Å²) in [7, 11) is 1.69. The van der Waals surface area contributed by atoms with Crippen LogP contribution in [-0.2, 0) is 0 Å². The van der Waals surface area contributed by atoms with Crippen molar-refractivity contribution in [3.63, 3.8) is 0 Å². The quantitative estimate of drug-likeness (QED) is 0.555. The van der Waals surface area contributed by atoms with Crippen molar-refractivity contribution in [2.75, 3.05) is 7.11 Å². The molecule has 0 saturated carbocycles. The molecule has 2 aromatic heterocycles. The molecule has 1 N–H and O–H groups in total. The molecule has 0 aliphatic rings. The number of methoxy groups -OCH3 is 1. The second kappa shape index (κ2) is 3.72. The normalized spacial score (nSPS) is 11.4.